The number of benzene rings is 2. The summed E-state index contributed by atoms with van der Waals surface area (Å²) in [6.45, 7) is 6.59. The summed E-state index contributed by atoms with van der Waals surface area (Å²) in [5, 5.41) is 10.5. The molecule has 2 aromatic heterocycles. The third-order valence-corrected chi connectivity index (χ3v) is 10.2. The molecule has 2 atom stereocenters. The zero-order valence-corrected chi connectivity index (χ0v) is 25.4. The third kappa shape index (κ3) is 4.28. The maximum absolute atomic E-state index is 17.0. The van der Waals surface area contributed by atoms with E-state index in [1.165, 1.54) is 12.1 Å². The van der Waals surface area contributed by atoms with Gasteiger partial charge in [-0.2, -0.15) is 15.2 Å². The van der Waals surface area contributed by atoms with Crippen molar-refractivity contribution in [2.45, 2.75) is 44.4 Å². The second-order valence-electron chi connectivity index (χ2n) is 11.6. The predicted molar refractivity (Wildman–Crippen MR) is 162 cm³/mol. The maximum Gasteiger partial charge on any atom is 0.319 e. The van der Waals surface area contributed by atoms with Crippen molar-refractivity contribution in [1.82, 2.24) is 14.9 Å². The highest BCUT2D eigenvalue weighted by molar-refractivity contribution is 7.23. The lowest BCUT2D eigenvalue weighted by Gasteiger charge is -2.47. The minimum absolute atomic E-state index is 0.0251. The van der Waals surface area contributed by atoms with Crippen LogP contribution in [0.3, 0.4) is 0 Å². The van der Waals surface area contributed by atoms with Crippen molar-refractivity contribution in [3.63, 3.8) is 0 Å². The molecule has 2 fully saturated rings. The minimum atomic E-state index is -0.759. The largest absolute Gasteiger partial charge is 0.489 e. The Morgan fingerprint density at radius 1 is 1.26 bits per heavy atom. The van der Waals surface area contributed by atoms with Gasteiger partial charge < -0.3 is 24.8 Å². The number of aromatic nitrogens is 2. The Hall–Kier alpha value is -3.50. The number of halogens is 3. The van der Waals surface area contributed by atoms with E-state index in [1.54, 1.807) is 0 Å². The van der Waals surface area contributed by atoms with Crippen molar-refractivity contribution in [2.75, 3.05) is 50.6 Å². The molecule has 0 spiro atoms. The highest BCUT2D eigenvalue weighted by Crippen LogP contribution is 2.51. The number of likely N-dealkylation sites (tertiary alicyclic amines) is 1. The van der Waals surface area contributed by atoms with Gasteiger partial charge in [0.05, 0.1) is 46.0 Å². The summed E-state index contributed by atoms with van der Waals surface area (Å²) >= 11 is 7.91. The number of ether oxygens (including phenoxy) is 3. The lowest BCUT2D eigenvalue weighted by Crippen LogP contribution is -2.61. The molecular weight excluding hydrogens is 598 g/mol. The van der Waals surface area contributed by atoms with Crippen molar-refractivity contribution < 1.29 is 23.0 Å². The highest BCUT2D eigenvalue weighted by atomic mass is 35.5. The molecule has 13 heteroatoms. The second kappa shape index (κ2) is 10.3. The third-order valence-electron chi connectivity index (χ3n) is 8.85. The monoisotopic (exact) mass is 626 g/mol. The predicted octanol–water partition coefficient (Wildman–Crippen LogP) is 5.75. The van der Waals surface area contributed by atoms with Gasteiger partial charge in [0, 0.05) is 17.0 Å². The van der Waals surface area contributed by atoms with E-state index in [9.17, 15) is 9.65 Å². The number of hydrogen-bond donors (Lipinski definition) is 1. The quantitative estimate of drug-likeness (QED) is 0.296. The van der Waals surface area contributed by atoms with Crippen LogP contribution in [0.15, 0.2) is 12.1 Å². The van der Waals surface area contributed by atoms with Crippen molar-refractivity contribution >= 4 is 54.7 Å². The lowest BCUT2D eigenvalue weighted by molar-refractivity contribution is -0.0485. The number of thiophene rings is 1. The van der Waals surface area contributed by atoms with Crippen LogP contribution in [0.4, 0.5) is 19.6 Å². The van der Waals surface area contributed by atoms with Crippen molar-refractivity contribution in [3.8, 4) is 29.0 Å². The van der Waals surface area contributed by atoms with Gasteiger partial charge in [0.1, 0.15) is 40.9 Å². The fourth-order valence-electron chi connectivity index (χ4n) is 6.56. The van der Waals surface area contributed by atoms with Crippen LogP contribution in [-0.4, -0.2) is 72.5 Å². The summed E-state index contributed by atoms with van der Waals surface area (Å²) in [5.74, 6) is -0.672. The van der Waals surface area contributed by atoms with Gasteiger partial charge in [-0.05, 0) is 51.9 Å². The van der Waals surface area contributed by atoms with Gasteiger partial charge in [-0.3, -0.25) is 4.90 Å². The van der Waals surface area contributed by atoms with Crippen molar-refractivity contribution in [1.29, 1.82) is 5.26 Å². The second-order valence-corrected chi connectivity index (χ2v) is 13.1. The van der Waals surface area contributed by atoms with Crippen LogP contribution in [0, 0.1) is 23.0 Å². The number of nitrogens with two attached hydrogens (primary N) is 1. The number of nitrogens with zero attached hydrogens (tertiary/aromatic N) is 5. The number of likely N-dealkylation sites (N-methyl/N-ethyl adjacent to an activating group) is 1. The first kappa shape index (κ1) is 28.3. The molecule has 2 saturated heterocycles. The number of hydrogen-bond acceptors (Lipinski definition) is 10. The van der Waals surface area contributed by atoms with Crippen LogP contribution in [0.2, 0.25) is 5.02 Å². The van der Waals surface area contributed by atoms with Crippen LogP contribution >= 0.6 is 22.9 Å². The smallest absolute Gasteiger partial charge is 0.319 e. The molecule has 0 bridgehead atoms. The number of nitrogen functional groups attached to an aromatic ring is 1. The SMILES string of the molecule is C[C@H](Oc1nc2c3c(c(Cl)c(-c4ccc(F)c5sc(N)c(C#N)c45)c(F)c3n1)OCCN2C1(C)COC1)[C@@H]1CCCN1C. The summed E-state index contributed by atoms with van der Waals surface area (Å²) < 4.78 is 50.1. The van der Waals surface area contributed by atoms with Crippen molar-refractivity contribution in [3.05, 3.63) is 34.4 Å². The first-order chi connectivity index (χ1) is 20.6. The van der Waals surface area contributed by atoms with Gasteiger partial charge in [0.25, 0.3) is 0 Å². The standard InChI is InChI=1S/C30H29ClF2N6O3S/c1-14(18-5-4-8-38(18)3)42-29-36-24-21-25(41-10-9-39(28(21)37-29)30(2)12-40-13-30)22(31)20(23(24)33)15-6-7-17(32)26-19(15)16(11-34)27(35)43-26/h6-7,14,18H,4-5,8-10,12-13,35H2,1-3H3/t14-,18-/m0/s1. The molecule has 0 saturated carbocycles. The minimum Gasteiger partial charge on any atom is -0.489 e. The van der Waals surface area contributed by atoms with Gasteiger partial charge in [-0.15, -0.1) is 11.3 Å². The molecule has 7 rings (SSSR count). The summed E-state index contributed by atoms with van der Waals surface area (Å²) in [4.78, 5) is 13.7. The van der Waals surface area contributed by atoms with E-state index in [0.717, 1.165) is 30.7 Å². The topological polar surface area (TPSA) is 110 Å². The Morgan fingerprint density at radius 2 is 2.05 bits per heavy atom. The van der Waals surface area contributed by atoms with E-state index in [2.05, 4.69) is 28.8 Å². The lowest BCUT2D eigenvalue weighted by atomic mass is 9.95. The summed E-state index contributed by atoms with van der Waals surface area (Å²) in [5.41, 5.74) is 5.84. The van der Waals surface area contributed by atoms with E-state index < -0.39 is 17.2 Å². The summed E-state index contributed by atoms with van der Waals surface area (Å²) in [7, 11) is 2.06. The van der Waals surface area contributed by atoms with Crippen LogP contribution in [0.5, 0.6) is 11.8 Å². The Balaban J connectivity index is 1.50. The van der Waals surface area contributed by atoms with Crippen molar-refractivity contribution in [2.24, 2.45) is 0 Å². The molecule has 43 heavy (non-hydrogen) atoms. The fraction of sp³-hybridized carbons (Fsp3) is 0.433. The molecule has 3 aliphatic heterocycles. The summed E-state index contributed by atoms with van der Waals surface area (Å²) in [6, 6.07) is 4.86. The molecule has 3 aliphatic rings. The molecule has 9 nitrogen and oxygen atoms in total. The number of nitriles is 1. The molecule has 2 N–H and O–H groups in total. The zero-order valence-electron chi connectivity index (χ0n) is 23.8. The molecule has 2 aromatic carbocycles. The molecule has 0 aliphatic carbocycles. The number of anilines is 2. The van der Waals surface area contributed by atoms with Gasteiger partial charge in [-0.25, -0.2) is 8.78 Å². The van der Waals surface area contributed by atoms with Gasteiger partial charge in [0.15, 0.2) is 11.6 Å². The molecule has 224 valence electrons. The zero-order chi connectivity index (χ0) is 30.2. The Morgan fingerprint density at radius 3 is 2.72 bits per heavy atom. The van der Waals surface area contributed by atoms with E-state index in [1.807, 2.05) is 13.0 Å². The fourth-order valence-corrected chi connectivity index (χ4v) is 7.84. The molecule has 0 radical (unpaired) electrons. The Bertz CT molecular complexity index is 1840. The average Bonchev–Trinajstić information content (AvgIpc) is 3.48. The maximum atomic E-state index is 17.0. The normalized spacial score (nSPS) is 20.5. The van der Waals surface area contributed by atoms with E-state index >= 15 is 4.39 Å². The van der Waals surface area contributed by atoms with E-state index in [-0.39, 0.29) is 72.8 Å². The van der Waals surface area contributed by atoms with Crippen LogP contribution in [-0.2, 0) is 4.74 Å². The van der Waals surface area contributed by atoms with Gasteiger partial charge >= 0.3 is 6.01 Å². The average molecular weight is 627 g/mol. The van der Waals surface area contributed by atoms with Gasteiger partial charge in [-0.1, -0.05) is 17.7 Å². The van der Waals surface area contributed by atoms with E-state index in [4.69, 9.17) is 36.5 Å². The molecule has 0 amide bonds. The van der Waals surface area contributed by atoms with Crippen LogP contribution in [0.25, 0.3) is 32.1 Å². The first-order valence-electron chi connectivity index (χ1n) is 14.1. The molecule has 0 unspecified atom stereocenters. The van der Waals surface area contributed by atoms with E-state index in [0.29, 0.717) is 31.0 Å². The highest BCUT2D eigenvalue weighted by Gasteiger charge is 2.43. The molecular formula is C30H29ClF2N6O3S. The van der Waals surface area contributed by atoms with Crippen LogP contribution in [0.1, 0.15) is 32.3 Å². The molecule has 4 aromatic rings. The Labute approximate surface area is 255 Å². The first-order valence-corrected chi connectivity index (χ1v) is 15.3. The van der Waals surface area contributed by atoms with Gasteiger partial charge in [0.2, 0.25) is 0 Å². The Kier molecular flexibility index (Phi) is 6.77. The number of rotatable bonds is 5. The number of fused-ring (bicyclic) bond motifs is 1. The summed E-state index contributed by atoms with van der Waals surface area (Å²) in [6.07, 6.45) is 1.77. The van der Waals surface area contributed by atoms with Crippen LogP contribution < -0.4 is 20.1 Å². The molecule has 5 heterocycles.